The Bertz CT molecular complexity index is 614. The molecule has 3 N–H and O–H groups in total. The van der Waals surface area contributed by atoms with Gasteiger partial charge in [-0.05, 0) is 42.3 Å². The maximum atomic E-state index is 6.24. The van der Waals surface area contributed by atoms with E-state index in [0.717, 1.165) is 16.9 Å². The van der Waals surface area contributed by atoms with Crippen molar-refractivity contribution in [2.75, 3.05) is 7.11 Å². The fourth-order valence-corrected chi connectivity index (χ4v) is 3.07. The minimum Gasteiger partial charge on any atom is -0.496 e. The molecular formula is C15H15Cl3N2O. The van der Waals surface area contributed by atoms with E-state index >= 15 is 0 Å². The average molecular weight is 346 g/mol. The largest absolute Gasteiger partial charge is 0.496 e. The van der Waals surface area contributed by atoms with Gasteiger partial charge >= 0.3 is 0 Å². The molecule has 112 valence electrons. The smallest absolute Gasteiger partial charge is 0.122 e. The first kappa shape index (κ1) is 16.4. The number of methoxy groups -OCH3 is 1. The van der Waals surface area contributed by atoms with Crippen molar-refractivity contribution in [2.24, 2.45) is 5.84 Å². The van der Waals surface area contributed by atoms with Crippen molar-refractivity contribution in [1.29, 1.82) is 0 Å². The Morgan fingerprint density at radius 1 is 1.14 bits per heavy atom. The number of hydrogen-bond acceptors (Lipinski definition) is 3. The van der Waals surface area contributed by atoms with Crippen LogP contribution >= 0.6 is 34.8 Å². The monoisotopic (exact) mass is 344 g/mol. The van der Waals surface area contributed by atoms with Gasteiger partial charge in [-0.25, -0.2) is 0 Å². The van der Waals surface area contributed by atoms with Gasteiger partial charge in [0.05, 0.1) is 13.2 Å². The van der Waals surface area contributed by atoms with Crippen molar-refractivity contribution < 1.29 is 4.74 Å². The molecular weight excluding hydrogens is 331 g/mol. The molecule has 0 fully saturated rings. The van der Waals surface area contributed by atoms with E-state index in [0.29, 0.717) is 21.5 Å². The fourth-order valence-electron chi connectivity index (χ4n) is 2.21. The Balaban J connectivity index is 2.38. The maximum Gasteiger partial charge on any atom is 0.122 e. The van der Waals surface area contributed by atoms with Crippen molar-refractivity contribution in [3.05, 3.63) is 62.6 Å². The molecule has 3 nitrogen and oxygen atoms in total. The van der Waals surface area contributed by atoms with E-state index in [1.54, 1.807) is 31.4 Å². The lowest BCUT2D eigenvalue weighted by atomic mass is 9.98. The lowest BCUT2D eigenvalue weighted by Gasteiger charge is -2.20. The first-order valence-electron chi connectivity index (χ1n) is 6.29. The van der Waals surface area contributed by atoms with Crippen LogP contribution < -0.4 is 16.0 Å². The number of halogens is 3. The SMILES string of the molecule is COc1ccc(Cl)cc1CC(NN)c1c(Cl)cccc1Cl. The first-order valence-corrected chi connectivity index (χ1v) is 7.42. The summed E-state index contributed by atoms with van der Waals surface area (Å²) < 4.78 is 5.35. The highest BCUT2D eigenvalue weighted by atomic mass is 35.5. The van der Waals surface area contributed by atoms with Gasteiger partial charge in [0.15, 0.2) is 0 Å². The van der Waals surface area contributed by atoms with Gasteiger partial charge in [-0.2, -0.15) is 0 Å². The molecule has 0 spiro atoms. The van der Waals surface area contributed by atoms with Gasteiger partial charge in [0.1, 0.15) is 5.75 Å². The normalized spacial score (nSPS) is 12.2. The number of nitrogens with one attached hydrogen (secondary N) is 1. The highest BCUT2D eigenvalue weighted by Crippen LogP contribution is 2.34. The third-order valence-electron chi connectivity index (χ3n) is 3.22. The summed E-state index contributed by atoms with van der Waals surface area (Å²) in [4.78, 5) is 0. The van der Waals surface area contributed by atoms with Crippen molar-refractivity contribution in [3.63, 3.8) is 0 Å². The fraction of sp³-hybridized carbons (Fsp3) is 0.200. The minimum atomic E-state index is -0.251. The van der Waals surface area contributed by atoms with Crippen LogP contribution in [0.25, 0.3) is 0 Å². The summed E-state index contributed by atoms with van der Waals surface area (Å²) in [5.41, 5.74) is 4.43. The third-order valence-corrected chi connectivity index (χ3v) is 4.11. The molecule has 0 saturated heterocycles. The molecule has 1 atom stereocenters. The number of benzene rings is 2. The predicted octanol–water partition coefficient (Wildman–Crippen LogP) is 4.40. The van der Waals surface area contributed by atoms with Crippen molar-refractivity contribution in [3.8, 4) is 5.75 Å². The maximum absolute atomic E-state index is 6.24. The summed E-state index contributed by atoms with van der Waals surface area (Å²) in [7, 11) is 1.61. The Kier molecular flexibility index (Phi) is 5.73. The average Bonchev–Trinajstić information content (AvgIpc) is 2.46. The second-order valence-electron chi connectivity index (χ2n) is 4.51. The number of hydrogen-bond donors (Lipinski definition) is 2. The molecule has 6 heteroatoms. The van der Waals surface area contributed by atoms with Gasteiger partial charge in [-0.1, -0.05) is 40.9 Å². The van der Waals surface area contributed by atoms with Crippen LogP contribution in [0.5, 0.6) is 5.75 Å². The Morgan fingerprint density at radius 2 is 1.81 bits per heavy atom. The van der Waals surface area contributed by atoms with E-state index in [2.05, 4.69) is 5.43 Å². The molecule has 21 heavy (non-hydrogen) atoms. The molecule has 2 rings (SSSR count). The second-order valence-corrected chi connectivity index (χ2v) is 5.77. The number of ether oxygens (including phenoxy) is 1. The quantitative estimate of drug-likeness (QED) is 0.623. The van der Waals surface area contributed by atoms with Gasteiger partial charge in [-0.3, -0.25) is 11.3 Å². The first-order chi connectivity index (χ1) is 10.1. The summed E-state index contributed by atoms with van der Waals surface area (Å²) in [6, 6.07) is 10.5. The second kappa shape index (κ2) is 7.34. The zero-order valence-corrected chi connectivity index (χ0v) is 13.6. The van der Waals surface area contributed by atoms with Crippen LogP contribution in [0.3, 0.4) is 0 Å². The minimum absolute atomic E-state index is 0.251. The van der Waals surface area contributed by atoms with Gasteiger partial charge in [0.25, 0.3) is 0 Å². The lowest BCUT2D eigenvalue weighted by molar-refractivity contribution is 0.405. The van der Waals surface area contributed by atoms with Gasteiger partial charge < -0.3 is 4.74 Å². The molecule has 2 aromatic rings. The predicted molar refractivity (Wildman–Crippen MR) is 88.2 cm³/mol. The van der Waals surface area contributed by atoms with Gasteiger partial charge in [0.2, 0.25) is 0 Å². The molecule has 0 radical (unpaired) electrons. The molecule has 0 aliphatic carbocycles. The van der Waals surface area contributed by atoms with Gasteiger partial charge in [0, 0.05) is 20.6 Å². The number of rotatable bonds is 5. The van der Waals surface area contributed by atoms with E-state index in [9.17, 15) is 0 Å². The van der Waals surface area contributed by atoms with E-state index in [1.807, 2.05) is 12.1 Å². The van der Waals surface area contributed by atoms with E-state index < -0.39 is 0 Å². The van der Waals surface area contributed by atoms with Crippen LogP contribution in [0.15, 0.2) is 36.4 Å². The van der Waals surface area contributed by atoms with Crippen LogP contribution in [0.2, 0.25) is 15.1 Å². The van der Waals surface area contributed by atoms with E-state index in [-0.39, 0.29) is 6.04 Å². The standard InChI is InChI=1S/C15H15Cl3N2O/c1-21-14-6-5-10(16)7-9(14)8-13(20-19)15-11(17)3-2-4-12(15)18/h2-7,13,20H,8,19H2,1H3. The van der Waals surface area contributed by atoms with Crippen LogP contribution in [-0.2, 0) is 6.42 Å². The van der Waals surface area contributed by atoms with Crippen LogP contribution in [0, 0.1) is 0 Å². The van der Waals surface area contributed by atoms with Crippen LogP contribution in [0.1, 0.15) is 17.2 Å². The van der Waals surface area contributed by atoms with Crippen molar-refractivity contribution in [2.45, 2.75) is 12.5 Å². The van der Waals surface area contributed by atoms with E-state index in [1.165, 1.54) is 0 Å². The number of hydrazine groups is 1. The summed E-state index contributed by atoms with van der Waals surface area (Å²) in [6.45, 7) is 0. The Hall–Kier alpha value is -0.970. The van der Waals surface area contributed by atoms with Crippen LogP contribution in [-0.4, -0.2) is 7.11 Å². The molecule has 0 aromatic heterocycles. The topological polar surface area (TPSA) is 47.3 Å². The molecule has 0 aliphatic heterocycles. The molecule has 0 heterocycles. The zero-order chi connectivity index (χ0) is 15.4. The lowest BCUT2D eigenvalue weighted by Crippen LogP contribution is -2.30. The summed E-state index contributed by atoms with van der Waals surface area (Å²) in [5, 5.41) is 1.75. The number of nitrogens with two attached hydrogens (primary N) is 1. The van der Waals surface area contributed by atoms with Gasteiger partial charge in [-0.15, -0.1) is 0 Å². The molecule has 2 aromatic carbocycles. The summed E-state index contributed by atoms with van der Waals surface area (Å²) >= 11 is 18.5. The summed E-state index contributed by atoms with van der Waals surface area (Å²) in [6.07, 6.45) is 0.545. The summed E-state index contributed by atoms with van der Waals surface area (Å²) in [5.74, 6) is 6.42. The Morgan fingerprint density at radius 3 is 2.38 bits per heavy atom. The molecule has 0 saturated carbocycles. The third kappa shape index (κ3) is 3.82. The highest BCUT2D eigenvalue weighted by Gasteiger charge is 2.19. The van der Waals surface area contributed by atoms with Crippen LogP contribution in [0.4, 0.5) is 0 Å². The van der Waals surface area contributed by atoms with Crippen molar-refractivity contribution >= 4 is 34.8 Å². The Labute approximate surface area is 138 Å². The molecule has 0 bridgehead atoms. The van der Waals surface area contributed by atoms with E-state index in [4.69, 9.17) is 45.4 Å². The highest BCUT2D eigenvalue weighted by molar-refractivity contribution is 6.36. The zero-order valence-electron chi connectivity index (χ0n) is 11.4. The van der Waals surface area contributed by atoms with Crippen molar-refractivity contribution in [1.82, 2.24) is 5.43 Å². The molecule has 0 aliphatic rings. The molecule has 1 unspecified atom stereocenters. The molecule has 0 amide bonds.